The van der Waals surface area contributed by atoms with Gasteiger partial charge in [-0.25, -0.2) is 8.42 Å². The summed E-state index contributed by atoms with van der Waals surface area (Å²) >= 11 is 0. The summed E-state index contributed by atoms with van der Waals surface area (Å²) in [4.78, 5) is 17.6. The molecule has 1 aliphatic heterocycles. The Morgan fingerprint density at radius 1 is 1.03 bits per heavy atom. The molecule has 0 bridgehead atoms. The number of sulfone groups is 1. The maximum Gasteiger partial charge on any atom is 0.246 e. The van der Waals surface area contributed by atoms with Gasteiger partial charge in [-0.05, 0) is 36.3 Å². The van der Waals surface area contributed by atoms with E-state index in [1.807, 2.05) is 53.4 Å². The van der Waals surface area contributed by atoms with Crippen molar-refractivity contribution in [2.24, 2.45) is 0 Å². The summed E-state index contributed by atoms with van der Waals surface area (Å²) in [6.45, 7) is 7.77. The number of carbonyl (C=O) groups excluding carboxylic acids is 1. The molecule has 1 N–H and O–H groups in total. The summed E-state index contributed by atoms with van der Waals surface area (Å²) in [6.07, 6.45) is 0. The fraction of sp³-hybridized carbons (Fsp3) is 0.435. The van der Waals surface area contributed by atoms with Gasteiger partial charge in [0.1, 0.15) is 6.04 Å². The number of nitrogens with zero attached hydrogens (tertiary/aromatic N) is 2. The van der Waals surface area contributed by atoms with Gasteiger partial charge in [0, 0.05) is 25.3 Å². The lowest BCUT2D eigenvalue weighted by Gasteiger charge is -2.33. The molecule has 3 rings (SSSR count). The molecule has 7 heteroatoms. The molecule has 1 amide bonds. The standard InChI is InChI=1S/C23H31N3O3S/c1-3-25(4-2)18-19-9-8-12-21(17-19)24-23(27)22(20-10-6-5-7-11-20)26-13-15-30(28,29)16-14-26/h5-12,17,22H,3-4,13-16,18H2,1-2H3,(H,24,27). The van der Waals surface area contributed by atoms with Crippen LogP contribution in [0, 0.1) is 0 Å². The maximum absolute atomic E-state index is 13.3. The normalized spacial score (nSPS) is 17.6. The number of amides is 1. The topological polar surface area (TPSA) is 69.7 Å². The van der Waals surface area contributed by atoms with Crippen LogP contribution in [0.1, 0.15) is 31.0 Å². The average molecular weight is 430 g/mol. The summed E-state index contributed by atoms with van der Waals surface area (Å²) in [5.74, 6) is 0.0341. The first kappa shape index (κ1) is 22.5. The van der Waals surface area contributed by atoms with Crippen molar-refractivity contribution in [2.75, 3.05) is 43.0 Å². The van der Waals surface area contributed by atoms with Crippen LogP contribution >= 0.6 is 0 Å². The summed E-state index contributed by atoms with van der Waals surface area (Å²) in [7, 11) is -3.02. The molecule has 6 nitrogen and oxygen atoms in total. The molecule has 0 aromatic heterocycles. The van der Waals surface area contributed by atoms with Crippen molar-refractivity contribution in [3.63, 3.8) is 0 Å². The molecule has 0 aliphatic carbocycles. The highest BCUT2D eigenvalue weighted by molar-refractivity contribution is 7.91. The molecule has 2 aromatic rings. The van der Waals surface area contributed by atoms with Crippen molar-refractivity contribution in [1.82, 2.24) is 9.80 Å². The molecule has 1 heterocycles. The second kappa shape index (κ2) is 10.2. The van der Waals surface area contributed by atoms with E-state index in [9.17, 15) is 13.2 Å². The lowest BCUT2D eigenvalue weighted by Crippen LogP contribution is -2.46. The SMILES string of the molecule is CCN(CC)Cc1cccc(NC(=O)C(c2ccccc2)N2CCS(=O)(=O)CC2)c1. The zero-order chi connectivity index (χ0) is 21.6. The van der Waals surface area contributed by atoms with E-state index in [0.29, 0.717) is 13.1 Å². The van der Waals surface area contributed by atoms with Crippen molar-refractivity contribution in [2.45, 2.75) is 26.4 Å². The van der Waals surface area contributed by atoms with Crippen molar-refractivity contribution >= 4 is 21.4 Å². The van der Waals surface area contributed by atoms with Crippen LogP contribution in [0.3, 0.4) is 0 Å². The second-order valence-corrected chi connectivity index (χ2v) is 9.96. The molecule has 1 fully saturated rings. The molecule has 1 aliphatic rings. The molecule has 1 unspecified atom stereocenters. The minimum Gasteiger partial charge on any atom is -0.324 e. The minimum atomic E-state index is -3.02. The van der Waals surface area contributed by atoms with Gasteiger partial charge in [-0.15, -0.1) is 0 Å². The van der Waals surface area contributed by atoms with Crippen molar-refractivity contribution < 1.29 is 13.2 Å². The van der Waals surface area contributed by atoms with Gasteiger partial charge in [0.05, 0.1) is 11.5 Å². The van der Waals surface area contributed by atoms with Gasteiger partial charge in [0.25, 0.3) is 0 Å². The number of rotatable bonds is 8. The van der Waals surface area contributed by atoms with Crippen molar-refractivity contribution in [3.8, 4) is 0 Å². The van der Waals surface area contributed by atoms with Gasteiger partial charge >= 0.3 is 0 Å². The third-order valence-corrected chi connectivity index (χ3v) is 7.21. The number of anilines is 1. The van der Waals surface area contributed by atoms with Crippen LogP contribution in [0.25, 0.3) is 0 Å². The molecular weight excluding hydrogens is 398 g/mol. The Kier molecular flexibility index (Phi) is 7.64. The number of nitrogens with one attached hydrogen (secondary N) is 1. The number of hydrogen-bond donors (Lipinski definition) is 1. The largest absolute Gasteiger partial charge is 0.324 e. The van der Waals surface area contributed by atoms with Crippen LogP contribution in [0.2, 0.25) is 0 Å². The fourth-order valence-electron chi connectivity index (χ4n) is 3.81. The van der Waals surface area contributed by atoms with E-state index in [0.717, 1.165) is 36.4 Å². The van der Waals surface area contributed by atoms with Gasteiger partial charge in [-0.2, -0.15) is 0 Å². The van der Waals surface area contributed by atoms with Gasteiger partial charge in [-0.1, -0.05) is 56.3 Å². The van der Waals surface area contributed by atoms with Crippen LogP contribution in [-0.4, -0.2) is 61.8 Å². The number of carbonyl (C=O) groups is 1. The third kappa shape index (κ3) is 5.90. The summed E-state index contributed by atoms with van der Waals surface area (Å²) in [5, 5.41) is 3.06. The molecule has 1 saturated heterocycles. The quantitative estimate of drug-likeness (QED) is 0.699. The van der Waals surface area contributed by atoms with Gasteiger partial charge in [0.15, 0.2) is 9.84 Å². The third-order valence-electron chi connectivity index (χ3n) is 5.60. The van der Waals surface area contributed by atoms with Crippen LogP contribution in [0.15, 0.2) is 54.6 Å². The van der Waals surface area contributed by atoms with E-state index in [2.05, 4.69) is 30.1 Å². The van der Waals surface area contributed by atoms with Crippen LogP contribution in [0.5, 0.6) is 0 Å². The Labute approximate surface area is 179 Å². The van der Waals surface area contributed by atoms with E-state index in [1.165, 1.54) is 0 Å². The highest BCUT2D eigenvalue weighted by Gasteiger charge is 2.32. The van der Waals surface area contributed by atoms with E-state index in [-0.39, 0.29) is 17.4 Å². The second-order valence-electron chi connectivity index (χ2n) is 7.65. The zero-order valence-electron chi connectivity index (χ0n) is 17.8. The molecule has 1 atom stereocenters. The first-order valence-corrected chi connectivity index (χ1v) is 12.4. The van der Waals surface area contributed by atoms with Gasteiger partial charge in [0.2, 0.25) is 5.91 Å². The number of hydrogen-bond acceptors (Lipinski definition) is 5. The summed E-state index contributed by atoms with van der Waals surface area (Å²) < 4.78 is 23.7. The first-order chi connectivity index (χ1) is 14.4. The molecule has 162 valence electrons. The predicted molar refractivity (Wildman–Crippen MR) is 121 cm³/mol. The molecule has 0 saturated carbocycles. The molecule has 0 radical (unpaired) electrons. The first-order valence-electron chi connectivity index (χ1n) is 10.5. The van der Waals surface area contributed by atoms with Gasteiger partial charge < -0.3 is 5.32 Å². The highest BCUT2D eigenvalue weighted by Crippen LogP contribution is 2.25. The van der Waals surface area contributed by atoms with E-state index < -0.39 is 15.9 Å². The smallest absolute Gasteiger partial charge is 0.246 e. The maximum atomic E-state index is 13.3. The van der Waals surface area contributed by atoms with E-state index in [1.54, 1.807) is 0 Å². The lowest BCUT2D eigenvalue weighted by molar-refractivity contribution is -0.121. The Morgan fingerprint density at radius 2 is 1.70 bits per heavy atom. The summed E-state index contributed by atoms with van der Waals surface area (Å²) in [5.41, 5.74) is 2.78. The summed E-state index contributed by atoms with van der Waals surface area (Å²) in [6, 6.07) is 17.0. The van der Waals surface area contributed by atoms with Crippen LogP contribution in [0.4, 0.5) is 5.69 Å². The predicted octanol–water partition coefficient (Wildman–Crippen LogP) is 2.94. The van der Waals surface area contributed by atoms with Crippen LogP contribution in [-0.2, 0) is 21.2 Å². The monoisotopic (exact) mass is 429 g/mol. The Bertz CT molecular complexity index is 929. The van der Waals surface area contributed by atoms with E-state index >= 15 is 0 Å². The number of benzene rings is 2. The van der Waals surface area contributed by atoms with Crippen molar-refractivity contribution in [3.05, 3.63) is 65.7 Å². The van der Waals surface area contributed by atoms with Gasteiger partial charge in [-0.3, -0.25) is 14.6 Å². The van der Waals surface area contributed by atoms with E-state index in [4.69, 9.17) is 0 Å². The zero-order valence-corrected chi connectivity index (χ0v) is 18.6. The van der Waals surface area contributed by atoms with Crippen LogP contribution < -0.4 is 5.32 Å². The Balaban J connectivity index is 1.79. The highest BCUT2D eigenvalue weighted by atomic mass is 32.2. The molecule has 2 aromatic carbocycles. The minimum absolute atomic E-state index is 0.0863. The Morgan fingerprint density at radius 3 is 2.33 bits per heavy atom. The Hall–Kier alpha value is -2.22. The molecule has 0 spiro atoms. The lowest BCUT2D eigenvalue weighted by atomic mass is 10.0. The molecular formula is C23H31N3O3S. The van der Waals surface area contributed by atoms with Crippen molar-refractivity contribution in [1.29, 1.82) is 0 Å². The average Bonchev–Trinajstić information content (AvgIpc) is 2.74. The molecule has 30 heavy (non-hydrogen) atoms. The fourth-order valence-corrected chi connectivity index (χ4v) is 5.04.